The Hall–Kier alpha value is -3.68. The molecule has 2 heterocycles. The molecular weight excluding hydrogens is 435 g/mol. The maximum absolute atomic E-state index is 13.8. The van der Waals surface area contributed by atoms with E-state index in [-0.39, 0.29) is 18.3 Å². The number of nitrogens with one attached hydrogen (secondary N) is 2. The summed E-state index contributed by atoms with van der Waals surface area (Å²) in [6.45, 7) is 0.193. The quantitative estimate of drug-likeness (QED) is 0.372. The number of epoxide rings is 1. The first-order valence-electron chi connectivity index (χ1n) is 11.3. The molecular formula is C27H23FN2O4. The van der Waals surface area contributed by atoms with Crippen molar-refractivity contribution in [3.8, 4) is 11.1 Å². The maximum atomic E-state index is 13.8. The van der Waals surface area contributed by atoms with Crippen LogP contribution in [-0.4, -0.2) is 41.2 Å². The van der Waals surface area contributed by atoms with Gasteiger partial charge in [0.15, 0.2) is 6.29 Å². The van der Waals surface area contributed by atoms with Crippen molar-refractivity contribution in [2.75, 3.05) is 6.61 Å². The van der Waals surface area contributed by atoms with Crippen LogP contribution in [0, 0.1) is 5.82 Å². The molecule has 4 aromatic rings. The number of alkyl carbamates (subject to hydrolysis) is 1. The third kappa shape index (κ3) is 3.73. The molecule has 7 heteroatoms. The number of H-pyrrole nitrogens is 1. The van der Waals surface area contributed by atoms with Crippen LogP contribution >= 0.6 is 0 Å². The summed E-state index contributed by atoms with van der Waals surface area (Å²) < 4.78 is 24.7. The number of rotatable bonds is 6. The Morgan fingerprint density at radius 2 is 1.76 bits per heavy atom. The van der Waals surface area contributed by atoms with E-state index in [1.165, 1.54) is 12.1 Å². The van der Waals surface area contributed by atoms with Gasteiger partial charge in [0.1, 0.15) is 18.5 Å². The van der Waals surface area contributed by atoms with Crippen molar-refractivity contribution in [2.45, 2.75) is 30.8 Å². The van der Waals surface area contributed by atoms with E-state index in [1.807, 2.05) is 24.3 Å². The number of aliphatic hydroxyl groups is 1. The third-order valence-corrected chi connectivity index (χ3v) is 6.71. The zero-order valence-electron chi connectivity index (χ0n) is 18.2. The van der Waals surface area contributed by atoms with Crippen molar-refractivity contribution in [3.05, 3.63) is 95.4 Å². The average Bonchev–Trinajstić information content (AvgIpc) is 3.32. The molecule has 1 aliphatic heterocycles. The zero-order valence-corrected chi connectivity index (χ0v) is 18.2. The number of fused-ring (bicyclic) bond motifs is 4. The molecule has 3 aromatic carbocycles. The monoisotopic (exact) mass is 458 g/mol. The van der Waals surface area contributed by atoms with Gasteiger partial charge < -0.3 is 24.9 Å². The van der Waals surface area contributed by atoms with E-state index >= 15 is 0 Å². The van der Waals surface area contributed by atoms with Gasteiger partial charge >= 0.3 is 6.09 Å². The molecule has 2 unspecified atom stereocenters. The Kier molecular flexibility index (Phi) is 5.08. The second kappa shape index (κ2) is 8.27. The Labute approximate surface area is 195 Å². The van der Waals surface area contributed by atoms with Crippen molar-refractivity contribution in [2.24, 2.45) is 0 Å². The zero-order chi connectivity index (χ0) is 23.2. The molecule has 6 nitrogen and oxygen atoms in total. The number of carbonyl (C=O) groups excluding carboxylic acids is 1. The normalized spacial score (nSPS) is 19.5. The van der Waals surface area contributed by atoms with E-state index in [0.29, 0.717) is 6.42 Å². The molecule has 1 saturated heterocycles. The van der Waals surface area contributed by atoms with E-state index in [0.717, 1.165) is 38.7 Å². The topological polar surface area (TPSA) is 86.9 Å². The summed E-state index contributed by atoms with van der Waals surface area (Å²) in [6, 6.07) is 20.3. The van der Waals surface area contributed by atoms with Crippen molar-refractivity contribution in [3.63, 3.8) is 0 Å². The first-order chi connectivity index (χ1) is 16.6. The molecule has 6 rings (SSSR count). The predicted octanol–water partition coefficient (Wildman–Crippen LogP) is 4.47. The Bertz CT molecular complexity index is 1340. The number of hydrogen-bond acceptors (Lipinski definition) is 4. The van der Waals surface area contributed by atoms with Crippen LogP contribution in [0.1, 0.15) is 22.6 Å². The van der Waals surface area contributed by atoms with Crippen LogP contribution in [0.5, 0.6) is 0 Å². The van der Waals surface area contributed by atoms with Crippen molar-refractivity contribution < 1.29 is 23.8 Å². The van der Waals surface area contributed by atoms with E-state index in [4.69, 9.17) is 9.47 Å². The number of aromatic nitrogens is 1. The SMILES string of the molecule is O=C(N[C@@H](Cc1c[nH]c2ccc(F)cc12)C1OC1O)OCC1c2ccccc2-c2ccccc21. The van der Waals surface area contributed by atoms with E-state index < -0.39 is 24.5 Å². The average molecular weight is 458 g/mol. The Morgan fingerprint density at radius 3 is 2.44 bits per heavy atom. The number of aromatic amines is 1. The molecule has 3 atom stereocenters. The Balaban J connectivity index is 1.17. The van der Waals surface area contributed by atoms with Gasteiger partial charge in [-0.3, -0.25) is 0 Å². The lowest BCUT2D eigenvalue weighted by atomic mass is 9.98. The highest BCUT2D eigenvalue weighted by Crippen LogP contribution is 2.44. The maximum Gasteiger partial charge on any atom is 0.407 e. The van der Waals surface area contributed by atoms with Gasteiger partial charge in [0, 0.05) is 23.0 Å². The van der Waals surface area contributed by atoms with Crippen LogP contribution in [0.25, 0.3) is 22.0 Å². The minimum absolute atomic E-state index is 0.0454. The lowest BCUT2D eigenvalue weighted by molar-refractivity contribution is 0.136. The first-order valence-corrected chi connectivity index (χ1v) is 11.3. The summed E-state index contributed by atoms with van der Waals surface area (Å²) >= 11 is 0. The fourth-order valence-corrected chi connectivity index (χ4v) is 5.01. The molecule has 1 aliphatic carbocycles. The first kappa shape index (κ1) is 20.9. The van der Waals surface area contributed by atoms with Crippen LogP contribution in [0.4, 0.5) is 9.18 Å². The summed E-state index contributed by atoms with van der Waals surface area (Å²) in [5.41, 5.74) is 6.21. The number of halogens is 1. The highest BCUT2D eigenvalue weighted by molar-refractivity contribution is 5.83. The lowest BCUT2D eigenvalue weighted by Gasteiger charge is -2.18. The molecule has 172 valence electrons. The molecule has 1 amide bonds. The van der Waals surface area contributed by atoms with Crippen LogP contribution in [0.3, 0.4) is 0 Å². The highest BCUT2D eigenvalue weighted by atomic mass is 19.1. The van der Waals surface area contributed by atoms with Crippen LogP contribution in [0.2, 0.25) is 0 Å². The number of hydrogen-bond donors (Lipinski definition) is 3. The van der Waals surface area contributed by atoms with Crippen LogP contribution < -0.4 is 5.32 Å². The van der Waals surface area contributed by atoms with Gasteiger partial charge in [-0.1, -0.05) is 48.5 Å². The molecule has 1 fully saturated rings. The summed E-state index contributed by atoms with van der Waals surface area (Å²) in [4.78, 5) is 15.9. The van der Waals surface area contributed by atoms with Gasteiger partial charge in [-0.05, 0) is 52.4 Å². The molecule has 0 spiro atoms. The van der Waals surface area contributed by atoms with Crippen molar-refractivity contribution >= 4 is 17.0 Å². The van der Waals surface area contributed by atoms with E-state index in [2.05, 4.69) is 34.6 Å². The predicted molar refractivity (Wildman–Crippen MR) is 125 cm³/mol. The number of aliphatic hydroxyl groups excluding tert-OH is 1. The van der Waals surface area contributed by atoms with Crippen LogP contribution in [-0.2, 0) is 15.9 Å². The van der Waals surface area contributed by atoms with Gasteiger partial charge in [0.05, 0.1) is 6.04 Å². The minimum Gasteiger partial charge on any atom is -0.449 e. The summed E-state index contributed by atoms with van der Waals surface area (Å²) in [5, 5.41) is 13.4. The number of ether oxygens (including phenoxy) is 2. The molecule has 0 saturated carbocycles. The van der Waals surface area contributed by atoms with Gasteiger partial charge in [-0.2, -0.15) is 0 Å². The number of benzene rings is 3. The summed E-state index contributed by atoms with van der Waals surface area (Å²) in [6.07, 6.45) is 0.0705. The molecule has 34 heavy (non-hydrogen) atoms. The number of carbonyl (C=O) groups is 1. The Morgan fingerprint density at radius 1 is 1.09 bits per heavy atom. The third-order valence-electron chi connectivity index (χ3n) is 6.71. The van der Waals surface area contributed by atoms with Gasteiger partial charge in [0.25, 0.3) is 0 Å². The van der Waals surface area contributed by atoms with Crippen molar-refractivity contribution in [1.82, 2.24) is 10.3 Å². The van der Waals surface area contributed by atoms with Crippen molar-refractivity contribution in [1.29, 1.82) is 0 Å². The highest BCUT2D eigenvalue weighted by Gasteiger charge is 2.45. The summed E-state index contributed by atoms with van der Waals surface area (Å²) in [5.74, 6) is -0.381. The van der Waals surface area contributed by atoms with Gasteiger partial charge in [-0.15, -0.1) is 0 Å². The molecule has 2 aliphatic rings. The fraction of sp³-hybridized carbons (Fsp3) is 0.222. The largest absolute Gasteiger partial charge is 0.449 e. The number of amides is 1. The minimum atomic E-state index is -0.944. The molecule has 0 bridgehead atoms. The van der Waals surface area contributed by atoms with Gasteiger partial charge in [-0.25, -0.2) is 9.18 Å². The second-order valence-corrected chi connectivity index (χ2v) is 8.78. The smallest absolute Gasteiger partial charge is 0.407 e. The summed E-state index contributed by atoms with van der Waals surface area (Å²) in [7, 11) is 0. The molecule has 3 N–H and O–H groups in total. The second-order valence-electron chi connectivity index (χ2n) is 8.78. The molecule has 0 radical (unpaired) electrons. The van der Waals surface area contributed by atoms with E-state index in [1.54, 1.807) is 12.3 Å². The van der Waals surface area contributed by atoms with E-state index in [9.17, 15) is 14.3 Å². The molecule has 1 aromatic heterocycles. The van der Waals surface area contributed by atoms with Crippen LogP contribution in [0.15, 0.2) is 72.9 Å². The standard InChI is InChI=1S/C27H23FN2O4/c28-16-9-10-23-21(12-16)15(13-29-23)11-24(25-26(31)34-25)30-27(32)33-14-22-19-7-3-1-5-17(19)18-6-2-4-8-20(18)22/h1-10,12-13,22,24-26,29,31H,11,14H2,(H,30,32)/t24-,25?,26?/m0/s1. The lowest BCUT2D eigenvalue weighted by Crippen LogP contribution is -2.41. The fourth-order valence-electron chi connectivity index (χ4n) is 5.01. The van der Waals surface area contributed by atoms with Gasteiger partial charge in [0.2, 0.25) is 0 Å².